The molecule has 0 radical (unpaired) electrons. The smallest absolute Gasteiger partial charge is 0.318 e. The van der Waals surface area contributed by atoms with Crippen LogP contribution in [0, 0.1) is 29.1 Å². The highest BCUT2D eigenvalue weighted by atomic mass is 19.2. The second-order valence-electron chi connectivity index (χ2n) is 6.71. The van der Waals surface area contributed by atoms with Crippen molar-refractivity contribution in [2.24, 2.45) is 0 Å². The van der Waals surface area contributed by atoms with Crippen LogP contribution in [-0.2, 0) is 19.4 Å². The minimum Gasteiger partial charge on any atom is -0.318 e. The maximum atomic E-state index is 13.9. The van der Waals surface area contributed by atoms with Crippen LogP contribution in [-0.4, -0.2) is 24.0 Å². The number of carbonyl (C=O) groups is 1. The van der Waals surface area contributed by atoms with E-state index in [1.165, 1.54) is 16.0 Å². The number of rotatable bonds is 3. The zero-order chi connectivity index (χ0) is 19.3. The summed E-state index contributed by atoms with van der Waals surface area (Å²) in [5.41, 5.74) is 2.07. The van der Waals surface area contributed by atoms with E-state index in [1.54, 1.807) is 0 Å². The number of hydrogen-bond acceptors (Lipinski definition) is 1. The van der Waals surface area contributed by atoms with Gasteiger partial charge in [0, 0.05) is 24.3 Å². The molecule has 1 aliphatic heterocycles. The molecule has 2 aliphatic rings. The normalized spacial score (nSPS) is 16.4. The molecule has 1 aliphatic carbocycles. The summed E-state index contributed by atoms with van der Waals surface area (Å²) < 4.78 is 67.7. The first-order chi connectivity index (χ1) is 12.9. The van der Waals surface area contributed by atoms with Gasteiger partial charge in [-0.25, -0.2) is 26.7 Å². The largest absolute Gasteiger partial charge is 0.324 e. The molecule has 0 spiro atoms. The van der Waals surface area contributed by atoms with E-state index in [0.717, 1.165) is 24.2 Å². The van der Waals surface area contributed by atoms with Gasteiger partial charge in [0.15, 0.2) is 23.3 Å². The third-order valence-electron chi connectivity index (χ3n) is 5.14. The second kappa shape index (κ2) is 6.51. The summed E-state index contributed by atoms with van der Waals surface area (Å²) in [6.07, 6.45) is 2.98. The number of amides is 2. The molecule has 142 valence electrons. The zero-order valence-electron chi connectivity index (χ0n) is 14.2. The van der Waals surface area contributed by atoms with Gasteiger partial charge < -0.3 is 4.90 Å². The number of urea groups is 1. The van der Waals surface area contributed by atoms with Crippen molar-refractivity contribution in [3.05, 3.63) is 64.0 Å². The fourth-order valence-corrected chi connectivity index (χ4v) is 3.68. The highest BCUT2D eigenvalue weighted by molar-refractivity contribution is 5.94. The average molecular weight is 382 g/mol. The van der Waals surface area contributed by atoms with Crippen LogP contribution >= 0.6 is 0 Å². The summed E-state index contributed by atoms with van der Waals surface area (Å²) in [7, 11) is 0. The van der Waals surface area contributed by atoms with Gasteiger partial charge in [-0.1, -0.05) is 6.07 Å². The van der Waals surface area contributed by atoms with Crippen molar-refractivity contribution in [2.75, 3.05) is 18.0 Å². The SMILES string of the molecule is O=C1N(Cc2c(F)c(F)c(F)c(F)c2F)CCN1c1ccc2c(c1)CCC2. The molecule has 0 N–H and O–H groups in total. The molecule has 2 aromatic rings. The Bertz CT molecular complexity index is 917. The van der Waals surface area contributed by atoms with Crippen molar-refractivity contribution >= 4 is 11.7 Å². The van der Waals surface area contributed by atoms with Gasteiger partial charge in [0.1, 0.15) is 0 Å². The number of benzene rings is 2. The molecule has 1 fully saturated rings. The first-order valence-corrected chi connectivity index (χ1v) is 8.57. The van der Waals surface area contributed by atoms with Gasteiger partial charge in [0.25, 0.3) is 0 Å². The van der Waals surface area contributed by atoms with E-state index < -0.39 is 47.2 Å². The Kier molecular flexibility index (Phi) is 4.28. The lowest BCUT2D eigenvalue weighted by molar-refractivity contribution is 0.216. The van der Waals surface area contributed by atoms with Crippen molar-refractivity contribution < 1.29 is 26.7 Å². The van der Waals surface area contributed by atoms with E-state index in [2.05, 4.69) is 0 Å². The van der Waals surface area contributed by atoms with Crippen LogP contribution in [0.25, 0.3) is 0 Å². The lowest BCUT2D eigenvalue weighted by Crippen LogP contribution is -2.32. The van der Waals surface area contributed by atoms with Crippen LogP contribution < -0.4 is 4.90 Å². The first-order valence-electron chi connectivity index (χ1n) is 8.57. The molecule has 8 heteroatoms. The quantitative estimate of drug-likeness (QED) is 0.441. The highest BCUT2D eigenvalue weighted by Crippen LogP contribution is 2.30. The minimum atomic E-state index is -2.21. The van der Waals surface area contributed by atoms with E-state index >= 15 is 0 Å². The van der Waals surface area contributed by atoms with E-state index in [-0.39, 0.29) is 13.1 Å². The van der Waals surface area contributed by atoms with Gasteiger partial charge in [0.2, 0.25) is 5.82 Å². The number of fused-ring (bicyclic) bond motifs is 1. The average Bonchev–Trinajstić information content (AvgIpc) is 3.28. The number of halogens is 5. The Morgan fingerprint density at radius 2 is 1.44 bits per heavy atom. The van der Waals surface area contributed by atoms with Crippen molar-refractivity contribution in [3.63, 3.8) is 0 Å². The van der Waals surface area contributed by atoms with Crippen LogP contribution in [0.3, 0.4) is 0 Å². The molecular weight excluding hydrogens is 367 g/mol. The Morgan fingerprint density at radius 3 is 2.15 bits per heavy atom. The van der Waals surface area contributed by atoms with Gasteiger partial charge in [-0.3, -0.25) is 4.90 Å². The molecule has 27 heavy (non-hydrogen) atoms. The van der Waals surface area contributed by atoms with Crippen LogP contribution in [0.5, 0.6) is 0 Å². The summed E-state index contributed by atoms with van der Waals surface area (Å²) in [5.74, 6) is -10.0. The molecule has 1 saturated heterocycles. The Hall–Kier alpha value is -2.64. The van der Waals surface area contributed by atoms with E-state index in [0.29, 0.717) is 5.69 Å². The predicted octanol–water partition coefficient (Wildman–Crippen LogP) is 4.31. The third-order valence-corrected chi connectivity index (χ3v) is 5.14. The summed E-state index contributed by atoms with van der Waals surface area (Å²) in [6, 6.07) is 5.15. The molecule has 2 aromatic carbocycles. The van der Waals surface area contributed by atoms with Crippen LogP contribution in [0.4, 0.5) is 32.4 Å². The van der Waals surface area contributed by atoms with Crippen LogP contribution in [0.1, 0.15) is 23.1 Å². The Labute approximate surface area is 152 Å². The zero-order valence-corrected chi connectivity index (χ0v) is 14.2. The summed E-state index contributed by atoms with van der Waals surface area (Å²) in [4.78, 5) is 15.1. The number of anilines is 1. The lowest BCUT2D eigenvalue weighted by atomic mass is 10.1. The van der Waals surface area contributed by atoms with E-state index in [9.17, 15) is 26.7 Å². The van der Waals surface area contributed by atoms with Crippen molar-refractivity contribution in [2.45, 2.75) is 25.8 Å². The second-order valence-corrected chi connectivity index (χ2v) is 6.71. The predicted molar refractivity (Wildman–Crippen MR) is 87.9 cm³/mol. The van der Waals surface area contributed by atoms with Gasteiger partial charge in [-0.2, -0.15) is 0 Å². The number of hydrogen-bond donors (Lipinski definition) is 0. The molecule has 0 aromatic heterocycles. The maximum Gasteiger partial charge on any atom is 0.324 e. The molecule has 0 atom stereocenters. The molecule has 4 rings (SSSR count). The third kappa shape index (κ3) is 2.83. The molecule has 0 saturated carbocycles. The highest BCUT2D eigenvalue weighted by Gasteiger charge is 2.33. The van der Waals surface area contributed by atoms with E-state index in [1.807, 2.05) is 18.2 Å². The molecular formula is C19H15F5N2O. The van der Waals surface area contributed by atoms with Gasteiger partial charge in [0.05, 0.1) is 6.54 Å². The monoisotopic (exact) mass is 382 g/mol. The van der Waals surface area contributed by atoms with Crippen LogP contribution in [0.2, 0.25) is 0 Å². The van der Waals surface area contributed by atoms with Gasteiger partial charge in [-0.05, 0) is 42.5 Å². The minimum absolute atomic E-state index is 0.120. The molecule has 3 nitrogen and oxygen atoms in total. The molecule has 0 unspecified atom stereocenters. The summed E-state index contributed by atoms with van der Waals surface area (Å²) >= 11 is 0. The Balaban J connectivity index is 1.59. The first kappa shape index (κ1) is 17.8. The number of nitrogens with zero attached hydrogens (tertiary/aromatic N) is 2. The standard InChI is InChI=1S/C19H15F5N2O/c20-14-13(15(21)17(23)18(24)16(14)22)9-25-6-7-26(19(25)27)12-5-4-10-2-1-3-11(10)8-12/h4-5,8H,1-3,6-7,9H2. The molecule has 2 amide bonds. The van der Waals surface area contributed by atoms with Gasteiger partial charge >= 0.3 is 6.03 Å². The number of carbonyl (C=O) groups excluding carboxylic acids is 1. The van der Waals surface area contributed by atoms with Gasteiger partial charge in [-0.15, -0.1) is 0 Å². The van der Waals surface area contributed by atoms with Crippen molar-refractivity contribution in [1.82, 2.24) is 4.90 Å². The molecule has 1 heterocycles. The maximum absolute atomic E-state index is 13.9. The topological polar surface area (TPSA) is 23.6 Å². The lowest BCUT2D eigenvalue weighted by Gasteiger charge is -2.20. The van der Waals surface area contributed by atoms with Crippen LogP contribution in [0.15, 0.2) is 18.2 Å². The molecule has 0 bridgehead atoms. The van der Waals surface area contributed by atoms with E-state index in [4.69, 9.17) is 0 Å². The fraction of sp³-hybridized carbons (Fsp3) is 0.316. The fourth-order valence-electron chi connectivity index (χ4n) is 3.68. The summed E-state index contributed by atoms with van der Waals surface area (Å²) in [6.45, 7) is -0.297. The Morgan fingerprint density at radius 1 is 0.815 bits per heavy atom. The number of aryl methyl sites for hydroxylation is 2. The van der Waals surface area contributed by atoms with Crippen molar-refractivity contribution in [3.8, 4) is 0 Å². The summed E-state index contributed by atoms with van der Waals surface area (Å²) in [5, 5.41) is 0. The van der Waals surface area contributed by atoms with Crippen molar-refractivity contribution in [1.29, 1.82) is 0 Å².